The van der Waals surface area contributed by atoms with Crippen LogP contribution in [0, 0.1) is 17.8 Å². The molecule has 13 heavy (non-hydrogen) atoms. The number of rotatable bonds is 1. The highest BCUT2D eigenvalue weighted by Crippen LogP contribution is 2.44. The summed E-state index contributed by atoms with van der Waals surface area (Å²) in [5.74, 6) is 1.17. The predicted octanol–water partition coefficient (Wildman–Crippen LogP) is 0.923. The van der Waals surface area contributed by atoms with E-state index >= 15 is 0 Å². The Morgan fingerprint density at radius 1 is 1.31 bits per heavy atom. The van der Waals surface area contributed by atoms with Crippen LogP contribution in [0.25, 0.3) is 0 Å². The molecule has 0 amide bonds. The van der Waals surface area contributed by atoms with Crippen molar-refractivity contribution in [3.8, 4) is 0 Å². The van der Waals surface area contributed by atoms with Gasteiger partial charge in [0.2, 0.25) is 0 Å². The largest absolute Gasteiger partial charge is 0.469 e. The molecule has 3 heteroatoms. The second kappa shape index (κ2) is 3.29. The highest BCUT2D eigenvalue weighted by molar-refractivity contribution is 5.73. The Kier molecular flexibility index (Phi) is 2.28. The van der Waals surface area contributed by atoms with Gasteiger partial charge in [0.05, 0.1) is 13.0 Å². The van der Waals surface area contributed by atoms with Gasteiger partial charge in [0.1, 0.15) is 0 Å². The smallest absolute Gasteiger partial charge is 0.308 e. The third kappa shape index (κ3) is 1.46. The highest BCUT2D eigenvalue weighted by Gasteiger charge is 2.43. The van der Waals surface area contributed by atoms with Crippen LogP contribution in [0.5, 0.6) is 0 Å². The van der Waals surface area contributed by atoms with Gasteiger partial charge >= 0.3 is 5.97 Å². The van der Waals surface area contributed by atoms with Gasteiger partial charge in [-0.2, -0.15) is 0 Å². The SMILES string of the molecule is COC(=O)C1CC2CCC1CC2N. The zero-order chi connectivity index (χ0) is 9.42. The van der Waals surface area contributed by atoms with Crippen LogP contribution in [-0.4, -0.2) is 19.1 Å². The minimum absolute atomic E-state index is 0.0263. The number of fused-ring (bicyclic) bond motifs is 3. The van der Waals surface area contributed by atoms with E-state index < -0.39 is 0 Å². The molecule has 2 N–H and O–H groups in total. The average Bonchev–Trinajstić information content (AvgIpc) is 2.17. The van der Waals surface area contributed by atoms with Gasteiger partial charge in [-0.3, -0.25) is 4.79 Å². The number of nitrogens with two attached hydrogens (primary N) is 1. The summed E-state index contributed by atoms with van der Waals surface area (Å²) in [6.07, 6.45) is 4.35. The van der Waals surface area contributed by atoms with Crippen molar-refractivity contribution in [2.45, 2.75) is 31.7 Å². The van der Waals surface area contributed by atoms with Gasteiger partial charge in [0.25, 0.3) is 0 Å². The van der Waals surface area contributed by atoms with E-state index in [-0.39, 0.29) is 11.9 Å². The summed E-state index contributed by atoms with van der Waals surface area (Å²) in [6.45, 7) is 0. The zero-order valence-corrected chi connectivity index (χ0v) is 8.03. The summed E-state index contributed by atoms with van der Waals surface area (Å²) in [5.41, 5.74) is 5.97. The van der Waals surface area contributed by atoms with E-state index in [0.717, 1.165) is 19.3 Å². The molecule has 3 aliphatic carbocycles. The molecule has 2 bridgehead atoms. The molecule has 4 atom stereocenters. The molecule has 0 aliphatic heterocycles. The van der Waals surface area contributed by atoms with E-state index in [1.807, 2.05) is 0 Å². The topological polar surface area (TPSA) is 52.3 Å². The van der Waals surface area contributed by atoms with Gasteiger partial charge in [0, 0.05) is 6.04 Å². The van der Waals surface area contributed by atoms with Crippen molar-refractivity contribution in [1.82, 2.24) is 0 Å². The van der Waals surface area contributed by atoms with E-state index in [0.29, 0.717) is 17.9 Å². The Morgan fingerprint density at radius 2 is 2.00 bits per heavy atom. The molecule has 74 valence electrons. The van der Waals surface area contributed by atoms with Crippen LogP contribution in [0.4, 0.5) is 0 Å². The molecular weight excluding hydrogens is 166 g/mol. The van der Waals surface area contributed by atoms with Crippen molar-refractivity contribution in [3.63, 3.8) is 0 Å². The Hall–Kier alpha value is -0.570. The highest BCUT2D eigenvalue weighted by atomic mass is 16.5. The van der Waals surface area contributed by atoms with E-state index in [4.69, 9.17) is 10.5 Å². The second-order valence-corrected chi connectivity index (χ2v) is 4.36. The molecule has 3 aliphatic rings. The number of methoxy groups -OCH3 is 1. The lowest BCUT2D eigenvalue weighted by atomic mass is 9.62. The summed E-state index contributed by atoms with van der Waals surface area (Å²) in [5, 5.41) is 0. The molecule has 0 aromatic rings. The van der Waals surface area contributed by atoms with Crippen LogP contribution in [0.3, 0.4) is 0 Å². The fourth-order valence-electron chi connectivity index (χ4n) is 2.92. The zero-order valence-electron chi connectivity index (χ0n) is 8.03. The first-order valence-electron chi connectivity index (χ1n) is 5.05. The summed E-state index contributed by atoms with van der Waals surface area (Å²) in [7, 11) is 1.48. The summed E-state index contributed by atoms with van der Waals surface area (Å²) < 4.78 is 4.80. The summed E-state index contributed by atoms with van der Waals surface area (Å²) in [6, 6.07) is 0.333. The summed E-state index contributed by atoms with van der Waals surface area (Å²) >= 11 is 0. The van der Waals surface area contributed by atoms with Crippen LogP contribution in [-0.2, 0) is 9.53 Å². The van der Waals surface area contributed by atoms with Crippen LogP contribution in [0.2, 0.25) is 0 Å². The number of carbonyl (C=O) groups excluding carboxylic acids is 1. The molecule has 3 nitrogen and oxygen atoms in total. The van der Waals surface area contributed by atoms with Gasteiger partial charge < -0.3 is 10.5 Å². The fourth-order valence-corrected chi connectivity index (χ4v) is 2.92. The van der Waals surface area contributed by atoms with Crippen LogP contribution in [0.1, 0.15) is 25.7 Å². The minimum Gasteiger partial charge on any atom is -0.469 e. The molecule has 0 radical (unpaired) electrons. The van der Waals surface area contributed by atoms with Gasteiger partial charge in [-0.25, -0.2) is 0 Å². The Bertz CT molecular complexity index is 217. The minimum atomic E-state index is -0.0263. The first-order valence-corrected chi connectivity index (χ1v) is 5.05. The Labute approximate surface area is 78.6 Å². The average molecular weight is 183 g/mol. The monoisotopic (exact) mass is 183 g/mol. The van der Waals surface area contributed by atoms with Gasteiger partial charge in [-0.1, -0.05) is 0 Å². The standard InChI is InChI=1S/C10H17NO2/c1-13-10(12)8-4-7-3-2-6(8)5-9(7)11/h6-9H,2-5,11H2,1H3. The molecule has 0 spiro atoms. The third-order valence-electron chi connectivity index (χ3n) is 3.72. The van der Waals surface area contributed by atoms with Crippen LogP contribution >= 0.6 is 0 Å². The second-order valence-electron chi connectivity index (χ2n) is 4.36. The first-order chi connectivity index (χ1) is 6.22. The lowest BCUT2D eigenvalue weighted by Crippen LogP contribution is -2.47. The molecule has 0 aromatic carbocycles. The van der Waals surface area contributed by atoms with Crippen molar-refractivity contribution >= 4 is 5.97 Å². The molecule has 3 fully saturated rings. The lowest BCUT2D eigenvalue weighted by Gasteiger charge is -2.44. The van der Waals surface area contributed by atoms with Crippen molar-refractivity contribution < 1.29 is 9.53 Å². The lowest BCUT2D eigenvalue weighted by molar-refractivity contribution is -0.151. The molecule has 0 saturated heterocycles. The van der Waals surface area contributed by atoms with Crippen molar-refractivity contribution in [2.24, 2.45) is 23.5 Å². The number of carbonyl (C=O) groups is 1. The van der Waals surface area contributed by atoms with Crippen molar-refractivity contribution in [1.29, 1.82) is 0 Å². The Balaban J connectivity index is 2.06. The molecule has 4 unspecified atom stereocenters. The number of hydrogen-bond acceptors (Lipinski definition) is 3. The van der Waals surface area contributed by atoms with E-state index in [2.05, 4.69) is 0 Å². The molecule has 3 saturated carbocycles. The number of hydrogen-bond donors (Lipinski definition) is 1. The van der Waals surface area contributed by atoms with Crippen molar-refractivity contribution in [2.75, 3.05) is 7.11 Å². The molecule has 0 heterocycles. The Morgan fingerprint density at radius 3 is 2.46 bits per heavy atom. The quantitative estimate of drug-likeness (QED) is 0.615. The van der Waals surface area contributed by atoms with E-state index in [1.165, 1.54) is 13.5 Å². The predicted molar refractivity (Wildman–Crippen MR) is 48.9 cm³/mol. The van der Waals surface area contributed by atoms with E-state index in [9.17, 15) is 4.79 Å². The maximum atomic E-state index is 11.4. The first kappa shape index (κ1) is 9.00. The van der Waals surface area contributed by atoms with Crippen molar-refractivity contribution in [3.05, 3.63) is 0 Å². The summed E-state index contributed by atoms with van der Waals surface area (Å²) in [4.78, 5) is 11.4. The molecule has 3 rings (SSSR count). The van der Waals surface area contributed by atoms with Gasteiger partial charge in [-0.15, -0.1) is 0 Å². The number of esters is 1. The molecule has 0 aromatic heterocycles. The molecular formula is C10H17NO2. The third-order valence-corrected chi connectivity index (χ3v) is 3.72. The fraction of sp³-hybridized carbons (Fsp3) is 0.900. The maximum Gasteiger partial charge on any atom is 0.308 e. The normalized spacial score (nSPS) is 43.2. The number of ether oxygens (including phenoxy) is 1. The van der Waals surface area contributed by atoms with Crippen LogP contribution in [0.15, 0.2) is 0 Å². The maximum absolute atomic E-state index is 11.4. The van der Waals surface area contributed by atoms with Gasteiger partial charge in [-0.05, 0) is 37.5 Å². The van der Waals surface area contributed by atoms with Crippen LogP contribution < -0.4 is 5.73 Å². The van der Waals surface area contributed by atoms with Gasteiger partial charge in [0.15, 0.2) is 0 Å². The van der Waals surface area contributed by atoms with E-state index in [1.54, 1.807) is 0 Å².